The van der Waals surface area contributed by atoms with Gasteiger partial charge in [-0.1, -0.05) is 80.1 Å². The predicted octanol–water partition coefficient (Wildman–Crippen LogP) is 5.74. The predicted molar refractivity (Wildman–Crippen MR) is 116 cm³/mol. The Kier molecular flexibility index (Phi) is 46.4. The Morgan fingerprint density at radius 1 is 0.593 bits per heavy atom. The van der Waals surface area contributed by atoms with Crippen LogP contribution in [0.5, 0.6) is 0 Å². The summed E-state index contributed by atoms with van der Waals surface area (Å²) in [4.78, 5) is 15.5. The molecule has 6 nitrogen and oxygen atoms in total. The summed E-state index contributed by atoms with van der Waals surface area (Å²) in [6.45, 7) is 27.3. The second kappa shape index (κ2) is 33.4. The number of carbonyl (C=O) groups excluding carboxylic acids is 2. The summed E-state index contributed by atoms with van der Waals surface area (Å²) in [7, 11) is 0. The number of hydrogen-bond acceptors (Lipinski definition) is 2. The summed E-state index contributed by atoms with van der Waals surface area (Å²) in [5.74, 6) is 1.11. The minimum absolute atomic E-state index is 0. The Hall–Kier alpha value is -0.197. The molecule has 0 spiro atoms. The van der Waals surface area contributed by atoms with Gasteiger partial charge in [-0.25, -0.2) is 12.3 Å². The minimum atomic E-state index is 0. The fourth-order valence-corrected chi connectivity index (χ4v) is 1.86. The largest absolute Gasteiger partial charge is 6.00 e. The van der Waals surface area contributed by atoms with Gasteiger partial charge in [0, 0.05) is 0 Å². The molecule has 0 saturated heterocycles. The summed E-state index contributed by atoms with van der Waals surface area (Å²) in [6.07, 6.45) is 2.73. The summed E-state index contributed by atoms with van der Waals surface area (Å²) in [5.41, 5.74) is 0. The van der Waals surface area contributed by atoms with Gasteiger partial charge >= 0.3 is 19.5 Å². The van der Waals surface area contributed by atoms with Gasteiger partial charge in [0.2, 0.25) is 0 Å². The maximum absolute atomic E-state index is 7.75. The van der Waals surface area contributed by atoms with Gasteiger partial charge in [-0.3, -0.25) is 13.6 Å². The maximum Gasteiger partial charge on any atom is 6.00 e. The molecule has 7 heteroatoms. The second-order valence-corrected chi connectivity index (χ2v) is 6.13. The first-order valence-corrected chi connectivity index (χ1v) is 9.57. The van der Waals surface area contributed by atoms with Crippen LogP contribution in [0.15, 0.2) is 0 Å². The summed E-state index contributed by atoms with van der Waals surface area (Å²) in [6, 6.07) is 0. The van der Waals surface area contributed by atoms with Crippen molar-refractivity contribution in [3.63, 3.8) is 0 Å². The van der Waals surface area contributed by atoms with E-state index in [0.29, 0.717) is 11.8 Å². The Morgan fingerprint density at radius 3 is 1.00 bits per heavy atom. The van der Waals surface area contributed by atoms with E-state index in [-0.39, 0.29) is 31.8 Å². The summed E-state index contributed by atoms with van der Waals surface area (Å²) in [5, 5.41) is 17.7. The van der Waals surface area contributed by atoms with E-state index >= 15 is 0 Å². The average molecular weight is 472 g/mol. The molecule has 0 fully saturated rings. The van der Waals surface area contributed by atoms with E-state index in [1.54, 1.807) is 0 Å². The maximum atomic E-state index is 7.75. The fourth-order valence-electron chi connectivity index (χ4n) is 1.86. The van der Waals surface area contributed by atoms with Crippen molar-refractivity contribution < 1.29 is 29.1 Å². The molecule has 0 saturated carbocycles. The Labute approximate surface area is 182 Å². The van der Waals surface area contributed by atoms with Gasteiger partial charge in [0.15, 0.2) is 0 Å². The number of nitrogens with zero attached hydrogens (tertiary/aromatic N) is 4. The van der Waals surface area contributed by atoms with Crippen molar-refractivity contribution in [2.75, 3.05) is 26.2 Å². The van der Waals surface area contributed by atoms with Gasteiger partial charge in [-0.2, -0.15) is 26.2 Å². The van der Waals surface area contributed by atoms with Gasteiger partial charge < -0.3 is 30.9 Å². The van der Waals surface area contributed by atoms with Crippen LogP contribution < -0.4 is 0 Å². The third-order valence-electron chi connectivity index (χ3n) is 3.01. The van der Waals surface area contributed by atoms with E-state index < -0.39 is 0 Å². The van der Waals surface area contributed by atoms with Crippen LogP contribution in [0.1, 0.15) is 68.2 Å². The molecular formula is C20H42N4O2Ru. The Balaban J connectivity index is -0.0000000975. The molecule has 162 valence electrons. The SMILES string of the molecule is CCC[N-]C([N-]CC)C(C)C.CCC[N-]C([N-]CC)C(C)C.[CH-]=O.[CH-]=O.[Ru+6]. The molecule has 0 heterocycles. The zero-order chi connectivity index (χ0) is 21.4. The van der Waals surface area contributed by atoms with Crippen molar-refractivity contribution in [3.8, 4) is 0 Å². The van der Waals surface area contributed by atoms with Crippen molar-refractivity contribution in [1.82, 2.24) is 0 Å². The molecule has 0 aromatic rings. The van der Waals surface area contributed by atoms with Gasteiger partial charge in [0.1, 0.15) is 0 Å². The van der Waals surface area contributed by atoms with Crippen molar-refractivity contribution >= 4 is 13.6 Å². The van der Waals surface area contributed by atoms with Crippen LogP contribution in [0.2, 0.25) is 0 Å². The van der Waals surface area contributed by atoms with E-state index in [0.717, 1.165) is 39.0 Å². The van der Waals surface area contributed by atoms with E-state index in [9.17, 15) is 0 Å². The molecular weight excluding hydrogens is 429 g/mol. The number of hydrogen-bond donors (Lipinski definition) is 0. The third kappa shape index (κ3) is 30.8. The zero-order valence-corrected chi connectivity index (χ0v) is 20.4. The van der Waals surface area contributed by atoms with Crippen molar-refractivity contribution in [3.05, 3.63) is 21.3 Å². The first-order chi connectivity index (χ1) is 12.4. The standard InChI is InChI=1S/2C9H20N2.2CHO.Ru/c2*1-5-7-11-9(8(3)4)10-6-2;2*1-2;/h2*8-9H,5-7H2,1-4H3;2*1H;/q2*-2;2*-1;+6. The van der Waals surface area contributed by atoms with E-state index in [4.69, 9.17) is 9.59 Å². The molecule has 0 radical (unpaired) electrons. The summed E-state index contributed by atoms with van der Waals surface area (Å²) < 4.78 is 0. The molecule has 0 aromatic heterocycles. The molecule has 0 bridgehead atoms. The van der Waals surface area contributed by atoms with E-state index in [2.05, 4.69) is 90.2 Å². The van der Waals surface area contributed by atoms with Gasteiger partial charge in [-0.05, 0) is 0 Å². The van der Waals surface area contributed by atoms with Crippen LogP contribution in [0, 0.1) is 11.8 Å². The molecule has 0 aliphatic carbocycles. The average Bonchev–Trinajstić information content (AvgIpc) is 2.65. The van der Waals surface area contributed by atoms with Gasteiger partial charge in [0.05, 0.1) is 0 Å². The molecule has 0 N–H and O–H groups in total. The Morgan fingerprint density at radius 2 is 0.852 bits per heavy atom. The van der Waals surface area contributed by atoms with Crippen LogP contribution in [0.4, 0.5) is 0 Å². The fraction of sp³-hybridized carbons (Fsp3) is 0.900. The van der Waals surface area contributed by atoms with Gasteiger partial charge in [-0.15, -0.1) is 0 Å². The molecule has 0 aliphatic rings. The second-order valence-electron chi connectivity index (χ2n) is 6.13. The van der Waals surface area contributed by atoms with Crippen LogP contribution in [0.3, 0.4) is 0 Å². The van der Waals surface area contributed by atoms with Crippen LogP contribution in [-0.2, 0) is 29.1 Å². The number of rotatable bonds is 12. The summed E-state index contributed by atoms with van der Waals surface area (Å²) >= 11 is 0. The van der Waals surface area contributed by atoms with Crippen LogP contribution in [0.25, 0.3) is 21.3 Å². The molecule has 2 unspecified atom stereocenters. The topological polar surface area (TPSA) is 90.5 Å². The monoisotopic (exact) mass is 472 g/mol. The van der Waals surface area contributed by atoms with Crippen molar-refractivity contribution in [2.24, 2.45) is 11.8 Å². The normalized spacial score (nSPS) is 11.6. The first kappa shape index (κ1) is 37.5. The zero-order valence-electron chi connectivity index (χ0n) is 18.7. The van der Waals surface area contributed by atoms with Crippen LogP contribution >= 0.6 is 0 Å². The quantitative estimate of drug-likeness (QED) is 0.206. The van der Waals surface area contributed by atoms with Crippen molar-refractivity contribution in [2.45, 2.75) is 80.6 Å². The molecule has 0 amide bonds. The first-order valence-electron chi connectivity index (χ1n) is 9.57. The Bertz CT molecular complexity index is 224. The van der Waals surface area contributed by atoms with Crippen LogP contribution in [-0.4, -0.2) is 52.1 Å². The van der Waals surface area contributed by atoms with Crippen molar-refractivity contribution in [1.29, 1.82) is 0 Å². The minimum Gasteiger partial charge on any atom is -0.678 e. The molecule has 27 heavy (non-hydrogen) atoms. The molecule has 0 rings (SSSR count). The smallest absolute Gasteiger partial charge is 0.678 e. The third-order valence-corrected chi connectivity index (χ3v) is 3.01. The molecule has 0 aliphatic heterocycles. The van der Waals surface area contributed by atoms with E-state index in [1.807, 2.05) is 0 Å². The molecule has 2 atom stereocenters. The van der Waals surface area contributed by atoms with E-state index in [1.165, 1.54) is 0 Å². The van der Waals surface area contributed by atoms with Gasteiger partial charge in [0.25, 0.3) is 0 Å². The molecule has 0 aromatic carbocycles.